The van der Waals surface area contributed by atoms with Crippen LogP contribution in [0, 0.1) is 6.92 Å². The smallest absolute Gasteiger partial charge is 0.177 e. The van der Waals surface area contributed by atoms with Gasteiger partial charge in [0.15, 0.2) is 11.5 Å². The molecule has 1 saturated carbocycles. The number of anilines is 1. The second-order valence-corrected chi connectivity index (χ2v) is 7.73. The van der Waals surface area contributed by atoms with E-state index in [9.17, 15) is 0 Å². The third kappa shape index (κ3) is 2.56. The lowest BCUT2D eigenvalue weighted by molar-refractivity contribution is 0.642. The van der Waals surface area contributed by atoms with Gasteiger partial charge in [-0.05, 0) is 43.0 Å². The van der Waals surface area contributed by atoms with Gasteiger partial charge in [-0.2, -0.15) is 9.61 Å². The van der Waals surface area contributed by atoms with Gasteiger partial charge in [0, 0.05) is 48.7 Å². The van der Waals surface area contributed by atoms with Gasteiger partial charge in [-0.25, -0.2) is 0 Å². The lowest BCUT2D eigenvalue weighted by Crippen LogP contribution is -2.32. The summed E-state index contributed by atoms with van der Waals surface area (Å²) in [5, 5.41) is 17.3. The van der Waals surface area contributed by atoms with Crippen LogP contribution >= 0.6 is 0 Å². The monoisotopic (exact) mass is 372 g/mol. The average molecular weight is 372 g/mol. The van der Waals surface area contributed by atoms with Crippen LogP contribution in [0.25, 0.3) is 16.8 Å². The molecule has 0 radical (unpaired) electrons. The Morgan fingerprint density at radius 2 is 2.04 bits per heavy atom. The van der Waals surface area contributed by atoms with Gasteiger partial charge in [-0.1, -0.05) is 0 Å². The van der Waals surface area contributed by atoms with Gasteiger partial charge in [0.05, 0.1) is 12.2 Å². The Morgan fingerprint density at radius 3 is 2.93 bits per heavy atom. The molecule has 2 aliphatic rings. The van der Waals surface area contributed by atoms with E-state index in [4.69, 9.17) is 10.1 Å². The molecule has 8 heteroatoms. The minimum Gasteiger partial charge on any atom is -0.350 e. The molecule has 0 saturated heterocycles. The van der Waals surface area contributed by atoms with E-state index >= 15 is 0 Å². The van der Waals surface area contributed by atoms with Crippen LogP contribution in [0.1, 0.15) is 35.7 Å². The van der Waals surface area contributed by atoms with Crippen molar-refractivity contribution in [2.75, 3.05) is 11.4 Å². The summed E-state index contributed by atoms with van der Waals surface area (Å²) in [5.74, 6) is 0.977. The van der Waals surface area contributed by atoms with Crippen molar-refractivity contribution in [3.05, 3.63) is 53.9 Å². The van der Waals surface area contributed by atoms with Crippen LogP contribution in [0.4, 0.5) is 5.82 Å². The molecule has 0 aromatic carbocycles. The summed E-state index contributed by atoms with van der Waals surface area (Å²) in [6.07, 6.45) is 11.1. The third-order valence-electron chi connectivity index (χ3n) is 5.65. The zero-order valence-corrected chi connectivity index (χ0v) is 15.7. The second kappa shape index (κ2) is 5.85. The number of nitrogens with zero attached hydrogens (tertiary/aromatic N) is 8. The summed E-state index contributed by atoms with van der Waals surface area (Å²) in [6, 6.07) is 4.89. The molecule has 0 amide bonds. The van der Waals surface area contributed by atoms with Gasteiger partial charge in [0.25, 0.3) is 0 Å². The number of fused-ring (bicyclic) bond motifs is 2. The van der Waals surface area contributed by atoms with Gasteiger partial charge in [-0.3, -0.25) is 9.67 Å². The lowest BCUT2D eigenvalue weighted by atomic mass is 10.0. The Kier molecular flexibility index (Phi) is 3.29. The Balaban J connectivity index is 1.33. The van der Waals surface area contributed by atoms with E-state index in [0.717, 1.165) is 47.7 Å². The van der Waals surface area contributed by atoms with Crippen LogP contribution in [-0.4, -0.2) is 41.1 Å². The highest BCUT2D eigenvalue weighted by Crippen LogP contribution is 2.35. The topological polar surface area (TPSA) is 77.0 Å². The minimum absolute atomic E-state index is 0.594. The molecule has 0 N–H and O–H groups in total. The van der Waals surface area contributed by atoms with E-state index in [0.29, 0.717) is 6.04 Å². The predicted octanol–water partition coefficient (Wildman–Crippen LogP) is 2.59. The van der Waals surface area contributed by atoms with Gasteiger partial charge >= 0.3 is 0 Å². The lowest BCUT2D eigenvalue weighted by Gasteiger charge is -2.30. The fraction of sp³-hybridized carbons (Fsp3) is 0.350. The molecule has 4 aromatic heterocycles. The van der Waals surface area contributed by atoms with E-state index in [-0.39, 0.29) is 0 Å². The highest BCUT2D eigenvalue weighted by atomic mass is 15.4. The molecule has 28 heavy (non-hydrogen) atoms. The van der Waals surface area contributed by atoms with Crippen LogP contribution in [0.15, 0.2) is 37.1 Å². The van der Waals surface area contributed by atoms with Crippen molar-refractivity contribution in [1.82, 2.24) is 34.6 Å². The molecule has 6 rings (SSSR count). The van der Waals surface area contributed by atoms with E-state index in [1.807, 2.05) is 18.5 Å². The van der Waals surface area contributed by atoms with E-state index in [2.05, 4.69) is 44.1 Å². The Bertz CT molecular complexity index is 1190. The van der Waals surface area contributed by atoms with Crippen molar-refractivity contribution in [2.24, 2.45) is 0 Å². The summed E-state index contributed by atoms with van der Waals surface area (Å²) in [4.78, 5) is 7.06. The molecule has 8 nitrogen and oxygen atoms in total. The van der Waals surface area contributed by atoms with Gasteiger partial charge in [0.1, 0.15) is 6.33 Å². The molecule has 1 aliphatic carbocycles. The molecule has 0 spiro atoms. The summed E-state index contributed by atoms with van der Waals surface area (Å²) >= 11 is 0. The third-order valence-corrected chi connectivity index (χ3v) is 5.65. The molecule has 0 atom stereocenters. The summed E-state index contributed by atoms with van der Waals surface area (Å²) < 4.78 is 3.82. The Hall–Kier alpha value is -3.29. The quantitative estimate of drug-likeness (QED) is 0.550. The predicted molar refractivity (Wildman–Crippen MR) is 104 cm³/mol. The molecule has 0 bridgehead atoms. The Labute approximate surface area is 161 Å². The molecule has 1 aliphatic heterocycles. The number of hydrogen-bond donors (Lipinski definition) is 0. The molecule has 1 fully saturated rings. The van der Waals surface area contributed by atoms with Crippen molar-refractivity contribution in [3.8, 4) is 11.1 Å². The van der Waals surface area contributed by atoms with Gasteiger partial charge < -0.3 is 4.90 Å². The van der Waals surface area contributed by atoms with Crippen molar-refractivity contribution >= 4 is 11.5 Å². The molecule has 140 valence electrons. The van der Waals surface area contributed by atoms with E-state index in [1.165, 1.54) is 24.1 Å². The molecule has 0 unspecified atom stereocenters. The Morgan fingerprint density at radius 1 is 1.11 bits per heavy atom. The summed E-state index contributed by atoms with van der Waals surface area (Å²) in [7, 11) is 0. The van der Waals surface area contributed by atoms with Crippen molar-refractivity contribution in [3.63, 3.8) is 0 Å². The summed E-state index contributed by atoms with van der Waals surface area (Å²) in [6.45, 7) is 3.78. The van der Waals surface area contributed by atoms with Crippen LogP contribution in [0.5, 0.6) is 0 Å². The van der Waals surface area contributed by atoms with E-state index in [1.54, 1.807) is 10.8 Å². The molecular weight excluding hydrogens is 352 g/mol. The fourth-order valence-corrected chi connectivity index (χ4v) is 3.95. The zero-order chi connectivity index (χ0) is 18.7. The maximum absolute atomic E-state index is 4.75. The fourth-order valence-electron chi connectivity index (χ4n) is 3.95. The number of pyridine rings is 1. The number of hydrogen-bond acceptors (Lipinski definition) is 6. The first-order valence-electron chi connectivity index (χ1n) is 9.69. The van der Waals surface area contributed by atoms with Crippen LogP contribution in [-0.2, 0) is 13.0 Å². The first-order valence-corrected chi connectivity index (χ1v) is 9.69. The van der Waals surface area contributed by atoms with E-state index < -0.39 is 0 Å². The van der Waals surface area contributed by atoms with Gasteiger partial charge in [0.2, 0.25) is 0 Å². The van der Waals surface area contributed by atoms with Gasteiger partial charge in [-0.15, -0.1) is 15.3 Å². The highest BCUT2D eigenvalue weighted by Gasteiger charge is 2.25. The normalized spacial score (nSPS) is 16.5. The largest absolute Gasteiger partial charge is 0.350 e. The maximum Gasteiger partial charge on any atom is 0.177 e. The number of aromatic nitrogens is 7. The standard InChI is InChI=1S/C20H20N8/c1-13-6-19-24-22-12-28(19)25-20(13)26-5-4-18-15(10-26)7-14(8-21-18)16-9-23-27(11-16)17-2-3-17/h6-9,11-12,17H,2-5,10H2,1H3. The molecule has 5 heterocycles. The average Bonchev–Trinajstić information content (AvgIpc) is 3.26. The first-order chi connectivity index (χ1) is 13.7. The SMILES string of the molecule is Cc1cc2nncn2nc1N1CCc2ncc(-c3cnn(C4CC4)c3)cc2C1. The highest BCUT2D eigenvalue weighted by molar-refractivity contribution is 5.63. The number of aryl methyl sites for hydroxylation is 1. The first kappa shape index (κ1) is 15.7. The molecular formula is C20H20N8. The minimum atomic E-state index is 0.594. The maximum atomic E-state index is 4.75. The summed E-state index contributed by atoms with van der Waals surface area (Å²) in [5.41, 5.74) is 6.59. The van der Waals surface area contributed by atoms with Crippen LogP contribution in [0.3, 0.4) is 0 Å². The second-order valence-electron chi connectivity index (χ2n) is 7.73. The van der Waals surface area contributed by atoms with Crippen molar-refractivity contribution in [1.29, 1.82) is 0 Å². The van der Waals surface area contributed by atoms with Crippen molar-refractivity contribution < 1.29 is 0 Å². The van der Waals surface area contributed by atoms with Crippen LogP contribution < -0.4 is 4.90 Å². The zero-order valence-electron chi connectivity index (χ0n) is 15.7. The van der Waals surface area contributed by atoms with Crippen molar-refractivity contribution in [2.45, 2.75) is 38.8 Å². The molecule has 4 aromatic rings. The van der Waals surface area contributed by atoms with Crippen LogP contribution in [0.2, 0.25) is 0 Å². The number of rotatable bonds is 3.